The number of ether oxygens (including phenoxy) is 1. The highest BCUT2D eigenvalue weighted by Crippen LogP contribution is 2.26. The molecule has 1 aromatic heterocycles. The first-order chi connectivity index (χ1) is 9.74. The second-order valence-corrected chi connectivity index (χ2v) is 4.83. The maximum atomic E-state index is 5.69. The predicted molar refractivity (Wildman–Crippen MR) is 74.1 cm³/mol. The third-order valence-corrected chi connectivity index (χ3v) is 3.21. The number of rotatable bonds is 3. The standard InChI is InChI=1S/C15H16N2O3/c1-10-8-14(16-19-10)18-9-13-11(2)20-17-15(13)12-6-4-3-5-7-12/h3-7,10H,8-9H2,1-2H3. The molecule has 0 aliphatic carbocycles. The van der Waals surface area contributed by atoms with Crippen molar-refractivity contribution in [2.75, 3.05) is 0 Å². The van der Waals surface area contributed by atoms with Crippen LogP contribution in [-0.2, 0) is 16.2 Å². The summed E-state index contributed by atoms with van der Waals surface area (Å²) in [5.74, 6) is 1.38. The number of benzene rings is 1. The Kier molecular flexibility index (Phi) is 3.41. The summed E-state index contributed by atoms with van der Waals surface area (Å²) in [5, 5.41) is 8.01. The first-order valence-electron chi connectivity index (χ1n) is 6.60. The van der Waals surface area contributed by atoms with Crippen molar-refractivity contribution in [3.05, 3.63) is 41.7 Å². The Labute approximate surface area is 117 Å². The molecule has 2 heterocycles. The zero-order valence-corrected chi connectivity index (χ0v) is 11.5. The van der Waals surface area contributed by atoms with E-state index in [0.717, 1.165) is 22.6 Å². The summed E-state index contributed by atoms with van der Waals surface area (Å²) in [6.45, 7) is 4.22. The fourth-order valence-electron chi connectivity index (χ4n) is 2.09. The third kappa shape index (κ3) is 2.52. The molecule has 0 saturated heterocycles. The maximum absolute atomic E-state index is 5.69. The van der Waals surface area contributed by atoms with Gasteiger partial charge in [0.25, 0.3) is 0 Å². The van der Waals surface area contributed by atoms with Gasteiger partial charge in [0, 0.05) is 5.56 Å². The number of oxime groups is 1. The Morgan fingerprint density at radius 3 is 2.80 bits per heavy atom. The normalized spacial score (nSPS) is 17.7. The third-order valence-electron chi connectivity index (χ3n) is 3.21. The fourth-order valence-corrected chi connectivity index (χ4v) is 2.09. The molecule has 0 radical (unpaired) electrons. The van der Waals surface area contributed by atoms with Gasteiger partial charge in [0.05, 0.1) is 12.0 Å². The van der Waals surface area contributed by atoms with Crippen molar-refractivity contribution >= 4 is 5.90 Å². The van der Waals surface area contributed by atoms with Crippen LogP contribution in [0.5, 0.6) is 0 Å². The second-order valence-electron chi connectivity index (χ2n) is 4.83. The zero-order chi connectivity index (χ0) is 13.9. The van der Waals surface area contributed by atoms with Gasteiger partial charge in [-0.15, -0.1) is 0 Å². The van der Waals surface area contributed by atoms with Crippen LogP contribution in [-0.4, -0.2) is 17.2 Å². The monoisotopic (exact) mass is 272 g/mol. The van der Waals surface area contributed by atoms with Crippen molar-refractivity contribution in [3.63, 3.8) is 0 Å². The van der Waals surface area contributed by atoms with Crippen LogP contribution in [0.15, 0.2) is 40.0 Å². The van der Waals surface area contributed by atoms with Crippen molar-refractivity contribution in [3.8, 4) is 11.3 Å². The van der Waals surface area contributed by atoms with E-state index in [2.05, 4.69) is 10.3 Å². The molecule has 1 aliphatic rings. The van der Waals surface area contributed by atoms with Gasteiger partial charge >= 0.3 is 0 Å². The molecule has 1 aromatic carbocycles. The summed E-state index contributed by atoms with van der Waals surface area (Å²) >= 11 is 0. The highest BCUT2D eigenvalue weighted by Gasteiger charge is 2.20. The van der Waals surface area contributed by atoms with Crippen LogP contribution < -0.4 is 0 Å². The fraction of sp³-hybridized carbons (Fsp3) is 0.333. The summed E-state index contributed by atoms with van der Waals surface area (Å²) in [7, 11) is 0. The van der Waals surface area contributed by atoms with Crippen molar-refractivity contribution < 1.29 is 14.1 Å². The minimum atomic E-state index is 0.0853. The Morgan fingerprint density at radius 1 is 1.30 bits per heavy atom. The lowest BCUT2D eigenvalue weighted by molar-refractivity contribution is 0.0988. The molecule has 0 N–H and O–H groups in total. The van der Waals surface area contributed by atoms with E-state index >= 15 is 0 Å². The lowest BCUT2D eigenvalue weighted by Crippen LogP contribution is -2.06. The molecule has 0 fully saturated rings. The van der Waals surface area contributed by atoms with Gasteiger partial charge < -0.3 is 14.1 Å². The summed E-state index contributed by atoms with van der Waals surface area (Å²) in [4.78, 5) is 5.10. The molecule has 1 aliphatic heterocycles. The average molecular weight is 272 g/mol. The molecule has 1 atom stereocenters. The van der Waals surface area contributed by atoms with Crippen molar-refractivity contribution in [1.82, 2.24) is 5.16 Å². The first-order valence-corrected chi connectivity index (χ1v) is 6.60. The lowest BCUT2D eigenvalue weighted by Gasteiger charge is -2.05. The molecular weight excluding hydrogens is 256 g/mol. The molecule has 0 spiro atoms. The molecule has 3 rings (SSSR count). The van der Waals surface area contributed by atoms with E-state index in [1.165, 1.54) is 0 Å². The SMILES string of the molecule is Cc1onc(-c2ccccc2)c1COC1=NOC(C)C1. The number of hydrogen-bond donors (Lipinski definition) is 0. The highest BCUT2D eigenvalue weighted by molar-refractivity contribution is 5.77. The molecule has 0 bridgehead atoms. The quantitative estimate of drug-likeness (QED) is 0.860. The first kappa shape index (κ1) is 12.7. The summed E-state index contributed by atoms with van der Waals surface area (Å²) in [5.41, 5.74) is 2.77. The molecule has 5 nitrogen and oxygen atoms in total. The number of nitrogens with zero attached hydrogens (tertiary/aromatic N) is 2. The van der Waals surface area contributed by atoms with Crippen LogP contribution >= 0.6 is 0 Å². The average Bonchev–Trinajstić information content (AvgIpc) is 3.04. The van der Waals surface area contributed by atoms with E-state index in [0.29, 0.717) is 18.9 Å². The van der Waals surface area contributed by atoms with E-state index < -0.39 is 0 Å². The van der Waals surface area contributed by atoms with Crippen LogP contribution in [0.3, 0.4) is 0 Å². The van der Waals surface area contributed by atoms with Crippen molar-refractivity contribution in [2.24, 2.45) is 5.16 Å². The van der Waals surface area contributed by atoms with Crippen molar-refractivity contribution in [1.29, 1.82) is 0 Å². The van der Waals surface area contributed by atoms with Crippen LogP contribution in [0.25, 0.3) is 11.3 Å². The highest BCUT2D eigenvalue weighted by atomic mass is 16.7. The molecule has 5 heteroatoms. The van der Waals surface area contributed by atoms with Gasteiger partial charge in [-0.2, -0.15) is 0 Å². The Bertz CT molecular complexity index is 619. The summed E-state index contributed by atoms with van der Waals surface area (Å²) in [6.07, 6.45) is 0.785. The molecule has 1 unspecified atom stereocenters. The topological polar surface area (TPSA) is 56.9 Å². The number of hydrogen-bond acceptors (Lipinski definition) is 5. The smallest absolute Gasteiger partial charge is 0.229 e. The molecule has 2 aromatic rings. The Balaban J connectivity index is 1.78. The summed E-state index contributed by atoms with van der Waals surface area (Å²) < 4.78 is 11.0. The maximum Gasteiger partial charge on any atom is 0.229 e. The van der Waals surface area contributed by atoms with E-state index in [1.54, 1.807) is 0 Å². The largest absolute Gasteiger partial charge is 0.473 e. The number of aromatic nitrogens is 1. The Morgan fingerprint density at radius 2 is 2.10 bits per heavy atom. The van der Waals surface area contributed by atoms with Crippen LogP contribution in [0.4, 0.5) is 0 Å². The number of aryl methyl sites for hydroxylation is 1. The molecule has 20 heavy (non-hydrogen) atoms. The minimum absolute atomic E-state index is 0.0853. The van der Waals surface area contributed by atoms with Crippen molar-refractivity contribution in [2.45, 2.75) is 33.0 Å². The second kappa shape index (κ2) is 5.36. The van der Waals surface area contributed by atoms with E-state index in [-0.39, 0.29) is 6.10 Å². The molecule has 104 valence electrons. The molecule has 0 saturated carbocycles. The summed E-state index contributed by atoms with van der Waals surface area (Å²) in [6, 6.07) is 9.91. The predicted octanol–water partition coefficient (Wildman–Crippen LogP) is 3.29. The Hall–Kier alpha value is -2.30. The van der Waals surface area contributed by atoms with Gasteiger partial charge in [-0.05, 0) is 13.8 Å². The molecule has 0 amide bonds. The van der Waals surface area contributed by atoms with E-state index in [4.69, 9.17) is 14.1 Å². The lowest BCUT2D eigenvalue weighted by atomic mass is 10.1. The van der Waals surface area contributed by atoms with Gasteiger partial charge in [0.1, 0.15) is 24.2 Å². The van der Waals surface area contributed by atoms with Gasteiger partial charge in [0.15, 0.2) is 0 Å². The van der Waals surface area contributed by atoms with Crippen LogP contribution in [0.1, 0.15) is 24.7 Å². The van der Waals surface area contributed by atoms with Crippen LogP contribution in [0.2, 0.25) is 0 Å². The van der Waals surface area contributed by atoms with Gasteiger partial charge in [-0.1, -0.05) is 40.6 Å². The minimum Gasteiger partial charge on any atom is -0.473 e. The van der Waals surface area contributed by atoms with Gasteiger partial charge in [-0.25, -0.2) is 0 Å². The molecular formula is C15H16N2O3. The van der Waals surface area contributed by atoms with E-state index in [9.17, 15) is 0 Å². The van der Waals surface area contributed by atoms with Gasteiger partial charge in [-0.3, -0.25) is 0 Å². The van der Waals surface area contributed by atoms with Crippen LogP contribution in [0, 0.1) is 6.92 Å². The van der Waals surface area contributed by atoms with Gasteiger partial charge in [0.2, 0.25) is 5.90 Å². The van der Waals surface area contributed by atoms with E-state index in [1.807, 2.05) is 44.2 Å². The zero-order valence-electron chi connectivity index (χ0n) is 11.5.